The normalized spacial score (nSPS) is 15.5. The zero-order valence-corrected chi connectivity index (χ0v) is 12.3. The van der Waals surface area contributed by atoms with Crippen molar-refractivity contribution in [2.75, 3.05) is 53.1 Å². The first-order valence-electron chi connectivity index (χ1n) is 7.11. The molecule has 0 spiro atoms. The Morgan fingerprint density at radius 3 is 2.57 bits per heavy atom. The summed E-state index contributed by atoms with van der Waals surface area (Å²) in [6.07, 6.45) is 0. The third kappa shape index (κ3) is 5.61. The van der Waals surface area contributed by atoms with Gasteiger partial charge < -0.3 is 19.5 Å². The highest BCUT2D eigenvalue weighted by atomic mass is 16.5. The standard InChI is InChI=1S/C15H22N2O4/c1-19-13-2-4-14(5-3-13)21-12-15(18)16-6-7-17-8-10-20-11-9-17/h2-5H,6-12H2,1H3,(H,16,18). The Labute approximate surface area is 125 Å². The molecule has 1 aliphatic heterocycles. The number of morpholine rings is 1. The van der Waals surface area contributed by atoms with E-state index < -0.39 is 0 Å². The van der Waals surface area contributed by atoms with Gasteiger partial charge in [-0.3, -0.25) is 9.69 Å². The third-order valence-electron chi connectivity index (χ3n) is 3.28. The summed E-state index contributed by atoms with van der Waals surface area (Å²) in [4.78, 5) is 13.9. The van der Waals surface area contributed by atoms with E-state index >= 15 is 0 Å². The summed E-state index contributed by atoms with van der Waals surface area (Å²) >= 11 is 0. The first kappa shape index (κ1) is 15.6. The van der Waals surface area contributed by atoms with Gasteiger partial charge in [0, 0.05) is 26.2 Å². The molecule has 21 heavy (non-hydrogen) atoms. The van der Waals surface area contributed by atoms with Crippen LogP contribution in [0.3, 0.4) is 0 Å². The first-order valence-corrected chi connectivity index (χ1v) is 7.11. The number of amides is 1. The second-order valence-corrected chi connectivity index (χ2v) is 4.77. The van der Waals surface area contributed by atoms with Crippen molar-refractivity contribution >= 4 is 5.91 Å². The molecule has 0 atom stereocenters. The minimum Gasteiger partial charge on any atom is -0.497 e. The van der Waals surface area contributed by atoms with Crippen LogP contribution in [0.5, 0.6) is 11.5 Å². The van der Waals surface area contributed by atoms with Crippen LogP contribution in [-0.2, 0) is 9.53 Å². The predicted molar refractivity (Wildman–Crippen MR) is 78.8 cm³/mol. The summed E-state index contributed by atoms with van der Waals surface area (Å²) in [6.45, 7) is 4.90. The van der Waals surface area contributed by atoms with Crippen molar-refractivity contribution in [1.29, 1.82) is 0 Å². The summed E-state index contributed by atoms with van der Waals surface area (Å²) in [6, 6.07) is 7.15. The Kier molecular flexibility index (Phi) is 6.30. The molecule has 1 amide bonds. The molecule has 0 radical (unpaired) electrons. The summed E-state index contributed by atoms with van der Waals surface area (Å²) in [5.74, 6) is 1.30. The average Bonchev–Trinajstić information content (AvgIpc) is 2.54. The molecule has 6 heteroatoms. The van der Waals surface area contributed by atoms with Gasteiger partial charge in [-0.05, 0) is 24.3 Å². The number of ether oxygens (including phenoxy) is 3. The Morgan fingerprint density at radius 1 is 1.24 bits per heavy atom. The number of carbonyl (C=O) groups excluding carboxylic acids is 1. The summed E-state index contributed by atoms with van der Waals surface area (Å²) in [7, 11) is 1.61. The molecule has 0 bridgehead atoms. The van der Waals surface area contributed by atoms with E-state index in [1.807, 2.05) is 0 Å². The molecule has 0 unspecified atom stereocenters. The molecule has 6 nitrogen and oxygen atoms in total. The number of hydrogen-bond donors (Lipinski definition) is 1. The maximum absolute atomic E-state index is 11.7. The van der Waals surface area contributed by atoms with E-state index in [1.165, 1.54) is 0 Å². The monoisotopic (exact) mass is 294 g/mol. The number of hydrogen-bond acceptors (Lipinski definition) is 5. The van der Waals surface area contributed by atoms with Crippen LogP contribution in [-0.4, -0.2) is 63.9 Å². The van der Waals surface area contributed by atoms with E-state index in [0.717, 1.165) is 38.6 Å². The summed E-state index contributed by atoms with van der Waals surface area (Å²) in [5, 5.41) is 2.85. The molecule has 1 heterocycles. The van der Waals surface area contributed by atoms with Gasteiger partial charge in [0.2, 0.25) is 0 Å². The van der Waals surface area contributed by atoms with Gasteiger partial charge in [0.25, 0.3) is 5.91 Å². The number of benzene rings is 1. The molecule has 1 N–H and O–H groups in total. The van der Waals surface area contributed by atoms with Crippen LogP contribution in [0, 0.1) is 0 Å². The largest absolute Gasteiger partial charge is 0.497 e. The molecule has 0 aromatic heterocycles. The molecule has 1 fully saturated rings. The fourth-order valence-corrected chi connectivity index (χ4v) is 2.05. The SMILES string of the molecule is COc1ccc(OCC(=O)NCCN2CCOCC2)cc1. The van der Waals surface area contributed by atoms with Crippen LogP contribution in [0.1, 0.15) is 0 Å². The highest BCUT2D eigenvalue weighted by Gasteiger charge is 2.10. The number of carbonyl (C=O) groups is 1. The van der Waals surface area contributed by atoms with Crippen molar-refractivity contribution in [2.24, 2.45) is 0 Å². The molecular formula is C15H22N2O4. The Bertz CT molecular complexity index is 430. The van der Waals surface area contributed by atoms with Gasteiger partial charge in [-0.25, -0.2) is 0 Å². The summed E-state index contributed by atoms with van der Waals surface area (Å²) in [5.41, 5.74) is 0. The van der Waals surface area contributed by atoms with Crippen LogP contribution in [0.2, 0.25) is 0 Å². The van der Waals surface area contributed by atoms with Crippen molar-refractivity contribution in [3.05, 3.63) is 24.3 Å². The fourth-order valence-electron chi connectivity index (χ4n) is 2.05. The average molecular weight is 294 g/mol. The predicted octanol–water partition coefficient (Wildman–Crippen LogP) is 0.522. The quantitative estimate of drug-likeness (QED) is 0.794. The van der Waals surface area contributed by atoms with Crippen molar-refractivity contribution in [2.45, 2.75) is 0 Å². The number of nitrogens with one attached hydrogen (secondary N) is 1. The minimum absolute atomic E-state index is 0.0233. The molecule has 1 saturated heterocycles. The maximum Gasteiger partial charge on any atom is 0.257 e. The molecule has 0 saturated carbocycles. The van der Waals surface area contributed by atoms with E-state index in [9.17, 15) is 4.79 Å². The molecule has 1 aromatic carbocycles. The van der Waals surface area contributed by atoms with Gasteiger partial charge in [-0.1, -0.05) is 0 Å². The molecule has 116 valence electrons. The molecule has 0 aliphatic carbocycles. The van der Waals surface area contributed by atoms with Gasteiger partial charge in [0.1, 0.15) is 11.5 Å². The van der Waals surface area contributed by atoms with Crippen LogP contribution in [0.25, 0.3) is 0 Å². The van der Waals surface area contributed by atoms with Gasteiger partial charge in [0.15, 0.2) is 6.61 Å². The van der Waals surface area contributed by atoms with E-state index in [-0.39, 0.29) is 12.5 Å². The summed E-state index contributed by atoms with van der Waals surface area (Å²) < 4.78 is 15.7. The minimum atomic E-state index is -0.112. The Morgan fingerprint density at radius 2 is 1.90 bits per heavy atom. The second kappa shape index (κ2) is 8.49. The second-order valence-electron chi connectivity index (χ2n) is 4.77. The highest BCUT2D eigenvalue weighted by molar-refractivity contribution is 5.77. The van der Waals surface area contributed by atoms with Crippen molar-refractivity contribution < 1.29 is 19.0 Å². The molecule has 2 rings (SSSR count). The van der Waals surface area contributed by atoms with Crippen molar-refractivity contribution in [3.63, 3.8) is 0 Å². The fraction of sp³-hybridized carbons (Fsp3) is 0.533. The molecule has 1 aliphatic rings. The molecule has 1 aromatic rings. The Balaban J connectivity index is 1.60. The first-order chi connectivity index (χ1) is 10.3. The van der Waals surface area contributed by atoms with Crippen molar-refractivity contribution in [3.8, 4) is 11.5 Å². The van der Waals surface area contributed by atoms with Gasteiger partial charge in [0.05, 0.1) is 20.3 Å². The van der Waals surface area contributed by atoms with E-state index in [0.29, 0.717) is 12.3 Å². The van der Waals surface area contributed by atoms with Gasteiger partial charge >= 0.3 is 0 Å². The zero-order valence-electron chi connectivity index (χ0n) is 12.3. The smallest absolute Gasteiger partial charge is 0.257 e. The van der Waals surface area contributed by atoms with Gasteiger partial charge in [-0.15, -0.1) is 0 Å². The highest BCUT2D eigenvalue weighted by Crippen LogP contribution is 2.16. The third-order valence-corrected chi connectivity index (χ3v) is 3.28. The maximum atomic E-state index is 11.7. The number of rotatable bonds is 7. The lowest BCUT2D eigenvalue weighted by atomic mass is 10.3. The van der Waals surface area contributed by atoms with E-state index in [1.54, 1.807) is 31.4 Å². The van der Waals surface area contributed by atoms with Crippen LogP contribution >= 0.6 is 0 Å². The lowest BCUT2D eigenvalue weighted by molar-refractivity contribution is -0.123. The molecular weight excluding hydrogens is 272 g/mol. The lowest BCUT2D eigenvalue weighted by Crippen LogP contribution is -2.42. The zero-order chi connectivity index (χ0) is 14.9. The number of methoxy groups -OCH3 is 1. The number of nitrogens with zero attached hydrogens (tertiary/aromatic N) is 1. The topological polar surface area (TPSA) is 60.0 Å². The van der Waals surface area contributed by atoms with Crippen LogP contribution in [0.4, 0.5) is 0 Å². The van der Waals surface area contributed by atoms with E-state index in [4.69, 9.17) is 14.2 Å². The van der Waals surface area contributed by atoms with Crippen LogP contribution in [0.15, 0.2) is 24.3 Å². The van der Waals surface area contributed by atoms with Crippen molar-refractivity contribution in [1.82, 2.24) is 10.2 Å². The lowest BCUT2D eigenvalue weighted by Gasteiger charge is -2.26. The van der Waals surface area contributed by atoms with E-state index in [2.05, 4.69) is 10.2 Å². The van der Waals surface area contributed by atoms with Gasteiger partial charge in [-0.2, -0.15) is 0 Å². The Hall–Kier alpha value is -1.79. The van der Waals surface area contributed by atoms with Crippen LogP contribution < -0.4 is 14.8 Å².